The maximum atomic E-state index is 12.4. The first-order valence-electron chi connectivity index (χ1n) is 6.30. The SMILES string of the molecule is COc1ccc2c(c1)CC(C(=O)c1ccccc1)N2. The quantitative estimate of drug-likeness (QED) is 0.855. The van der Waals surface area contributed by atoms with Crippen LogP contribution < -0.4 is 10.1 Å². The van der Waals surface area contributed by atoms with Crippen molar-refractivity contribution in [3.8, 4) is 5.75 Å². The summed E-state index contributed by atoms with van der Waals surface area (Å²) in [6.07, 6.45) is 0.709. The minimum Gasteiger partial charge on any atom is -0.497 e. The van der Waals surface area contributed by atoms with Crippen molar-refractivity contribution >= 4 is 11.5 Å². The van der Waals surface area contributed by atoms with E-state index in [9.17, 15) is 4.79 Å². The highest BCUT2D eigenvalue weighted by Gasteiger charge is 2.27. The van der Waals surface area contributed by atoms with E-state index in [1.54, 1.807) is 7.11 Å². The predicted molar refractivity (Wildman–Crippen MR) is 74.9 cm³/mol. The lowest BCUT2D eigenvalue weighted by Gasteiger charge is -2.09. The van der Waals surface area contributed by atoms with E-state index in [0.717, 1.165) is 22.6 Å². The number of benzene rings is 2. The first-order valence-corrected chi connectivity index (χ1v) is 6.30. The molecule has 0 aliphatic carbocycles. The number of nitrogens with one attached hydrogen (secondary N) is 1. The van der Waals surface area contributed by atoms with Crippen LogP contribution in [0.2, 0.25) is 0 Å². The lowest BCUT2D eigenvalue weighted by molar-refractivity contribution is 0.0971. The van der Waals surface area contributed by atoms with E-state index < -0.39 is 0 Å². The highest BCUT2D eigenvalue weighted by molar-refractivity contribution is 6.02. The zero-order valence-corrected chi connectivity index (χ0v) is 10.7. The summed E-state index contributed by atoms with van der Waals surface area (Å²) in [5.74, 6) is 0.962. The van der Waals surface area contributed by atoms with E-state index in [4.69, 9.17) is 4.74 Å². The molecular formula is C16H15NO2. The van der Waals surface area contributed by atoms with Gasteiger partial charge in [0.15, 0.2) is 5.78 Å². The summed E-state index contributed by atoms with van der Waals surface area (Å²) in [5, 5.41) is 3.28. The topological polar surface area (TPSA) is 38.3 Å². The summed E-state index contributed by atoms with van der Waals surface area (Å²) in [7, 11) is 1.65. The predicted octanol–water partition coefficient (Wildman–Crippen LogP) is 2.91. The van der Waals surface area contributed by atoms with Gasteiger partial charge in [-0.15, -0.1) is 0 Å². The van der Waals surface area contributed by atoms with Crippen molar-refractivity contribution in [2.45, 2.75) is 12.5 Å². The molecule has 0 fully saturated rings. The zero-order valence-electron chi connectivity index (χ0n) is 10.7. The Hall–Kier alpha value is -2.29. The Bertz CT molecular complexity index is 607. The van der Waals surface area contributed by atoms with Crippen LogP contribution in [0.4, 0.5) is 5.69 Å². The Kier molecular flexibility index (Phi) is 2.95. The molecule has 1 aliphatic rings. The molecule has 1 N–H and O–H groups in total. The standard InChI is InChI=1S/C16H15NO2/c1-19-13-7-8-14-12(9-13)10-15(17-14)16(18)11-5-3-2-4-6-11/h2-9,15,17H,10H2,1H3. The zero-order chi connectivity index (χ0) is 13.2. The Morgan fingerprint density at radius 2 is 2.00 bits per heavy atom. The number of ketones is 1. The van der Waals surface area contributed by atoms with Crippen LogP contribution in [-0.4, -0.2) is 18.9 Å². The second-order valence-electron chi connectivity index (χ2n) is 4.65. The van der Waals surface area contributed by atoms with E-state index >= 15 is 0 Å². The number of fused-ring (bicyclic) bond motifs is 1. The third-order valence-electron chi connectivity index (χ3n) is 3.44. The van der Waals surface area contributed by atoms with Crippen LogP contribution >= 0.6 is 0 Å². The molecule has 3 rings (SSSR count). The van der Waals surface area contributed by atoms with Crippen molar-refractivity contribution in [2.24, 2.45) is 0 Å². The molecule has 3 nitrogen and oxygen atoms in total. The number of carbonyl (C=O) groups excluding carboxylic acids is 1. The van der Waals surface area contributed by atoms with Crippen molar-refractivity contribution in [1.29, 1.82) is 0 Å². The Morgan fingerprint density at radius 1 is 1.21 bits per heavy atom. The van der Waals surface area contributed by atoms with Crippen molar-refractivity contribution in [1.82, 2.24) is 0 Å². The van der Waals surface area contributed by atoms with E-state index in [0.29, 0.717) is 6.42 Å². The van der Waals surface area contributed by atoms with Gasteiger partial charge in [0.05, 0.1) is 13.2 Å². The number of ether oxygens (including phenoxy) is 1. The summed E-state index contributed by atoms with van der Waals surface area (Å²) in [4.78, 5) is 12.4. The number of carbonyl (C=O) groups is 1. The summed E-state index contributed by atoms with van der Waals surface area (Å²) in [5.41, 5.74) is 2.91. The fourth-order valence-electron chi connectivity index (χ4n) is 2.43. The molecule has 0 spiro atoms. The summed E-state index contributed by atoms with van der Waals surface area (Å²) >= 11 is 0. The molecule has 19 heavy (non-hydrogen) atoms. The second-order valence-corrected chi connectivity index (χ2v) is 4.65. The first kappa shape index (κ1) is 11.8. The summed E-state index contributed by atoms with van der Waals surface area (Å²) < 4.78 is 5.21. The smallest absolute Gasteiger partial charge is 0.185 e. The minimum atomic E-state index is -0.176. The normalized spacial score (nSPS) is 16.6. The largest absolute Gasteiger partial charge is 0.497 e. The number of Topliss-reactive ketones (excluding diaryl/α,β-unsaturated/α-hetero) is 1. The molecule has 96 valence electrons. The van der Waals surface area contributed by atoms with Gasteiger partial charge in [-0.05, 0) is 23.8 Å². The molecule has 0 saturated heterocycles. The van der Waals surface area contributed by atoms with E-state index in [1.807, 2.05) is 48.5 Å². The van der Waals surface area contributed by atoms with Crippen LogP contribution in [0.25, 0.3) is 0 Å². The molecule has 1 atom stereocenters. The highest BCUT2D eigenvalue weighted by Crippen LogP contribution is 2.30. The van der Waals surface area contributed by atoms with Crippen LogP contribution in [0.5, 0.6) is 5.75 Å². The maximum absolute atomic E-state index is 12.4. The molecule has 0 radical (unpaired) electrons. The molecule has 1 aliphatic heterocycles. The summed E-state index contributed by atoms with van der Waals surface area (Å²) in [6.45, 7) is 0. The average Bonchev–Trinajstić information content (AvgIpc) is 2.90. The van der Waals surface area contributed by atoms with Gasteiger partial charge >= 0.3 is 0 Å². The molecule has 1 heterocycles. The maximum Gasteiger partial charge on any atom is 0.185 e. The van der Waals surface area contributed by atoms with Crippen LogP contribution in [0.3, 0.4) is 0 Å². The van der Waals surface area contributed by atoms with Crippen LogP contribution in [0.15, 0.2) is 48.5 Å². The van der Waals surface area contributed by atoms with Crippen molar-refractivity contribution < 1.29 is 9.53 Å². The minimum absolute atomic E-state index is 0.135. The Labute approximate surface area is 112 Å². The van der Waals surface area contributed by atoms with Gasteiger partial charge in [0.25, 0.3) is 0 Å². The van der Waals surface area contributed by atoms with Gasteiger partial charge in [-0.1, -0.05) is 30.3 Å². The molecule has 0 bridgehead atoms. The van der Waals surface area contributed by atoms with Crippen molar-refractivity contribution in [3.63, 3.8) is 0 Å². The first-order chi connectivity index (χ1) is 9.28. The average molecular weight is 253 g/mol. The molecule has 0 saturated carbocycles. The number of anilines is 1. The van der Waals surface area contributed by atoms with Gasteiger partial charge in [0.1, 0.15) is 5.75 Å². The van der Waals surface area contributed by atoms with E-state index in [1.165, 1.54) is 0 Å². The van der Waals surface area contributed by atoms with Crippen LogP contribution in [0.1, 0.15) is 15.9 Å². The molecule has 3 heteroatoms. The monoisotopic (exact) mass is 253 g/mol. The lowest BCUT2D eigenvalue weighted by atomic mass is 10.0. The van der Waals surface area contributed by atoms with Gasteiger partial charge < -0.3 is 10.1 Å². The molecule has 2 aromatic rings. The lowest BCUT2D eigenvalue weighted by Crippen LogP contribution is -2.26. The molecular weight excluding hydrogens is 238 g/mol. The fourth-order valence-corrected chi connectivity index (χ4v) is 2.43. The fraction of sp³-hybridized carbons (Fsp3) is 0.188. The second kappa shape index (κ2) is 4.76. The van der Waals surface area contributed by atoms with Crippen LogP contribution in [-0.2, 0) is 6.42 Å². The van der Waals surface area contributed by atoms with Gasteiger partial charge in [-0.2, -0.15) is 0 Å². The number of methoxy groups -OCH3 is 1. The molecule has 0 aromatic heterocycles. The number of hydrogen-bond donors (Lipinski definition) is 1. The molecule has 1 unspecified atom stereocenters. The van der Waals surface area contributed by atoms with Gasteiger partial charge in [0, 0.05) is 17.7 Å². The van der Waals surface area contributed by atoms with Crippen molar-refractivity contribution in [2.75, 3.05) is 12.4 Å². The molecule has 2 aromatic carbocycles. The Balaban J connectivity index is 1.82. The van der Waals surface area contributed by atoms with Crippen molar-refractivity contribution in [3.05, 3.63) is 59.7 Å². The Morgan fingerprint density at radius 3 is 2.74 bits per heavy atom. The van der Waals surface area contributed by atoms with Gasteiger partial charge in [-0.25, -0.2) is 0 Å². The number of hydrogen-bond acceptors (Lipinski definition) is 3. The van der Waals surface area contributed by atoms with Crippen LogP contribution in [0, 0.1) is 0 Å². The summed E-state index contributed by atoms with van der Waals surface area (Å²) in [6, 6.07) is 15.1. The van der Waals surface area contributed by atoms with E-state index in [-0.39, 0.29) is 11.8 Å². The molecule has 0 amide bonds. The third kappa shape index (κ3) is 2.19. The van der Waals surface area contributed by atoms with Gasteiger partial charge in [0.2, 0.25) is 0 Å². The third-order valence-corrected chi connectivity index (χ3v) is 3.44. The highest BCUT2D eigenvalue weighted by atomic mass is 16.5. The van der Waals surface area contributed by atoms with E-state index in [2.05, 4.69) is 5.32 Å². The number of rotatable bonds is 3. The van der Waals surface area contributed by atoms with Gasteiger partial charge in [-0.3, -0.25) is 4.79 Å².